The number of benzene rings is 2. The predicted octanol–water partition coefficient (Wildman–Crippen LogP) is 2.41. The molecule has 0 spiro atoms. The van der Waals surface area contributed by atoms with Crippen molar-refractivity contribution in [3.05, 3.63) is 54.2 Å². The number of ether oxygens (including phenoxy) is 3. The van der Waals surface area contributed by atoms with Crippen molar-refractivity contribution < 1.29 is 22.6 Å². The summed E-state index contributed by atoms with van der Waals surface area (Å²) in [7, 11) is 0.509. The average molecular weight is 416 g/mol. The van der Waals surface area contributed by atoms with Crippen LogP contribution in [0.2, 0.25) is 0 Å². The number of nitrogens with one attached hydrogen (secondary N) is 2. The maximum absolute atomic E-state index is 12.6. The molecular weight excluding hydrogens is 396 g/mol. The maximum Gasteiger partial charge on any atom is 0.280 e. The van der Waals surface area contributed by atoms with E-state index in [1.807, 2.05) is 24.3 Å². The van der Waals surface area contributed by atoms with Crippen LogP contribution < -0.4 is 19.0 Å². The second-order valence-corrected chi connectivity index (χ2v) is 7.43. The molecule has 2 N–H and O–H groups in total. The van der Waals surface area contributed by atoms with Crippen molar-refractivity contribution in [1.29, 1.82) is 0 Å². The normalized spacial score (nSPS) is 11.4. The van der Waals surface area contributed by atoms with Crippen LogP contribution in [0.5, 0.6) is 17.2 Å². The molecule has 0 saturated heterocycles. The van der Waals surface area contributed by atoms with Gasteiger partial charge in [-0.25, -0.2) is 0 Å². The number of nitrogens with zero attached hydrogens (tertiary/aromatic N) is 2. The van der Waals surface area contributed by atoms with Crippen LogP contribution in [0.4, 0.5) is 0 Å². The van der Waals surface area contributed by atoms with Gasteiger partial charge in [0.25, 0.3) is 10.0 Å². The van der Waals surface area contributed by atoms with Crippen LogP contribution >= 0.6 is 0 Å². The molecule has 0 fully saturated rings. The van der Waals surface area contributed by atoms with Crippen LogP contribution in [-0.2, 0) is 10.0 Å². The standard InChI is InChI=1S/C19H20N4O5S/c1-26-15-6-4-13(5-7-15)19-14(11-20-22-19)12-21-23-29(24,25)18-9-8-16(27-2)10-17(18)28-3/h4-12,23H,1-3H3,(H,20,22)/b21-12-. The van der Waals surface area contributed by atoms with Gasteiger partial charge in [-0.2, -0.15) is 23.4 Å². The van der Waals surface area contributed by atoms with Gasteiger partial charge in [0.2, 0.25) is 0 Å². The summed E-state index contributed by atoms with van der Waals surface area (Å²) < 4.78 is 40.5. The summed E-state index contributed by atoms with van der Waals surface area (Å²) in [5, 5.41) is 10.7. The van der Waals surface area contributed by atoms with E-state index >= 15 is 0 Å². The first-order valence-corrected chi connectivity index (χ1v) is 9.91. The minimum atomic E-state index is -3.94. The number of sulfonamides is 1. The number of methoxy groups -OCH3 is 3. The SMILES string of the molecule is COc1ccc(-c2[nH]ncc2/C=N\NS(=O)(=O)c2ccc(OC)cc2OC)cc1. The van der Waals surface area contributed by atoms with Crippen molar-refractivity contribution in [3.8, 4) is 28.5 Å². The number of hydrogen-bond donors (Lipinski definition) is 2. The zero-order valence-electron chi connectivity index (χ0n) is 16.0. The van der Waals surface area contributed by atoms with Gasteiger partial charge in [-0.05, 0) is 36.4 Å². The van der Waals surface area contributed by atoms with Gasteiger partial charge >= 0.3 is 0 Å². The molecule has 0 atom stereocenters. The lowest BCUT2D eigenvalue weighted by Crippen LogP contribution is -2.19. The Balaban J connectivity index is 1.80. The van der Waals surface area contributed by atoms with Gasteiger partial charge in [-0.3, -0.25) is 5.10 Å². The van der Waals surface area contributed by atoms with Crippen molar-refractivity contribution in [1.82, 2.24) is 15.0 Å². The van der Waals surface area contributed by atoms with E-state index in [9.17, 15) is 8.42 Å². The fourth-order valence-electron chi connectivity index (χ4n) is 2.59. The summed E-state index contributed by atoms with van der Waals surface area (Å²) in [6, 6.07) is 11.7. The molecular formula is C19H20N4O5S. The Morgan fingerprint density at radius 3 is 2.34 bits per heavy atom. The zero-order chi connectivity index (χ0) is 20.9. The van der Waals surface area contributed by atoms with E-state index in [0.717, 1.165) is 11.3 Å². The molecule has 152 valence electrons. The smallest absolute Gasteiger partial charge is 0.280 e. The Morgan fingerprint density at radius 1 is 1.00 bits per heavy atom. The van der Waals surface area contributed by atoms with Crippen LogP contribution in [0, 0.1) is 0 Å². The van der Waals surface area contributed by atoms with E-state index in [2.05, 4.69) is 20.1 Å². The molecule has 0 aliphatic carbocycles. The molecule has 3 rings (SSSR count). The van der Waals surface area contributed by atoms with Gasteiger partial charge in [-0.15, -0.1) is 0 Å². The lowest BCUT2D eigenvalue weighted by atomic mass is 10.1. The van der Waals surface area contributed by atoms with Crippen LogP contribution in [-0.4, -0.2) is 46.2 Å². The van der Waals surface area contributed by atoms with Crippen molar-refractivity contribution in [2.45, 2.75) is 4.90 Å². The maximum atomic E-state index is 12.6. The first-order chi connectivity index (χ1) is 14.0. The Bertz CT molecular complexity index is 1110. The van der Waals surface area contributed by atoms with Gasteiger partial charge in [0.1, 0.15) is 22.1 Å². The number of aromatic amines is 1. The first-order valence-electron chi connectivity index (χ1n) is 8.43. The Hall–Kier alpha value is -3.53. The van der Waals surface area contributed by atoms with E-state index in [1.165, 1.54) is 38.6 Å². The predicted molar refractivity (Wildman–Crippen MR) is 108 cm³/mol. The Labute approximate surface area is 168 Å². The highest BCUT2D eigenvalue weighted by molar-refractivity contribution is 7.89. The fraction of sp³-hybridized carbons (Fsp3) is 0.158. The molecule has 0 unspecified atom stereocenters. The molecule has 29 heavy (non-hydrogen) atoms. The molecule has 3 aromatic rings. The molecule has 0 aliphatic heterocycles. The van der Waals surface area contributed by atoms with Crippen molar-refractivity contribution in [2.24, 2.45) is 5.10 Å². The van der Waals surface area contributed by atoms with Crippen molar-refractivity contribution in [2.75, 3.05) is 21.3 Å². The Morgan fingerprint density at radius 2 is 1.69 bits per heavy atom. The summed E-state index contributed by atoms with van der Waals surface area (Å²) >= 11 is 0. The van der Waals surface area contributed by atoms with Crippen molar-refractivity contribution >= 4 is 16.2 Å². The molecule has 0 amide bonds. The molecule has 1 heterocycles. The minimum absolute atomic E-state index is 0.0551. The third-order valence-corrected chi connectivity index (χ3v) is 5.35. The summed E-state index contributed by atoms with van der Waals surface area (Å²) in [4.78, 5) is 2.13. The van der Waals surface area contributed by atoms with E-state index < -0.39 is 10.0 Å². The number of aromatic nitrogens is 2. The lowest BCUT2D eigenvalue weighted by molar-refractivity contribution is 0.386. The second-order valence-electron chi connectivity index (χ2n) is 5.80. The van der Waals surface area contributed by atoms with Crippen LogP contribution in [0.25, 0.3) is 11.3 Å². The first kappa shape index (κ1) is 20.2. The molecule has 0 aliphatic rings. The number of H-pyrrole nitrogens is 1. The molecule has 0 saturated carbocycles. The third kappa shape index (κ3) is 4.49. The lowest BCUT2D eigenvalue weighted by Gasteiger charge is -2.10. The quantitative estimate of drug-likeness (QED) is 0.430. The fourth-order valence-corrected chi connectivity index (χ4v) is 3.54. The average Bonchev–Trinajstić information content (AvgIpc) is 3.21. The van der Waals surface area contributed by atoms with E-state index in [0.29, 0.717) is 17.0 Å². The van der Waals surface area contributed by atoms with E-state index in [1.54, 1.807) is 13.3 Å². The minimum Gasteiger partial charge on any atom is -0.497 e. The van der Waals surface area contributed by atoms with Crippen molar-refractivity contribution in [3.63, 3.8) is 0 Å². The Kier molecular flexibility index (Phi) is 6.03. The number of rotatable bonds is 8. The second kappa shape index (κ2) is 8.65. The van der Waals surface area contributed by atoms with Gasteiger partial charge in [-0.1, -0.05) is 0 Å². The molecule has 2 aromatic carbocycles. The zero-order valence-corrected chi connectivity index (χ0v) is 16.9. The van der Waals surface area contributed by atoms with Gasteiger partial charge in [0.15, 0.2) is 0 Å². The summed E-state index contributed by atoms with van der Waals surface area (Å²) in [6.07, 6.45) is 2.92. The largest absolute Gasteiger partial charge is 0.497 e. The molecule has 9 nitrogen and oxygen atoms in total. The van der Waals surface area contributed by atoms with Crippen LogP contribution in [0.3, 0.4) is 0 Å². The molecule has 0 radical (unpaired) electrons. The molecule has 10 heteroatoms. The van der Waals surface area contributed by atoms with Gasteiger partial charge < -0.3 is 14.2 Å². The highest BCUT2D eigenvalue weighted by Crippen LogP contribution is 2.28. The van der Waals surface area contributed by atoms with Crippen LogP contribution in [0.1, 0.15) is 5.56 Å². The highest BCUT2D eigenvalue weighted by atomic mass is 32.2. The number of hydrogen-bond acceptors (Lipinski definition) is 7. The monoisotopic (exact) mass is 416 g/mol. The highest BCUT2D eigenvalue weighted by Gasteiger charge is 2.19. The number of hydrazone groups is 1. The van der Waals surface area contributed by atoms with E-state index in [4.69, 9.17) is 14.2 Å². The summed E-state index contributed by atoms with van der Waals surface area (Å²) in [6.45, 7) is 0. The van der Waals surface area contributed by atoms with Gasteiger partial charge in [0, 0.05) is 17.2 Å². The van der Waals surface area contributed by atoms with Crippen LogP contribution in [0.15, 0.2) is 58.7 Å². The molecule has 1 aromatic heterocycles. The van der Waals surface area contributed by atoms with E-state index in [-0.39, 0.29) is 10.6 Å². The summed E-state index contributed by atoms with van der Waals surface area (Å²) in [5.41, 5.74) is 2.15. The third-order valence-electron chi connectivity index (χ3n) is 4.08. The molecule has 0 bridgehead atoms. The van der Waals surface area contributed by atoms with Gasteiger partial charge in [0.05, 0.1) is 39.4 Å². The topological polar surface area (TPSA) is 115 Å². The summed E-state index contributed by atoms with van der Waals surface area (Å²) in [5.74, 6) is 1.35.